The molecule has 8 heteroatoms. The minimum absolute atomic E-state index is 0.104. The Labute approximate surface area is 166 Å². The Morgan fingerprint density at radius 3 is 2.54 bits per heavy atom. The molecular formula is C20H19N3O4S. The van der Waals surface area contributed by atoms with Crippen LogP contribution in [0.3, 0.4) is 0 Å². The molecule has 0 saturated heterocycles. The number of imide groups is 1. The van der Waals surface area contributed by atoms with Crippen LogP contribution >= 0.6 is 11.8 Å². The topological polar surface area (TPSA) is 99.6 Å². The van der Waals surface area contributed by atoms with E-state index < -0.39 is 0 Å². The highest BCUT2D eigenvalue weighted by Gasteiger charge is 2.39. The van der Waals surface area contributed by atoms with Gasteiger partial charge in [0.15, 0.2) is 0 Å². The molecule has 144 valence electrons. The Balaban J connectivity index is 1.92. The number of anilines is 1. The van der Waals surface area contributed by atoms with Crippen LogP contribution in [0.5, 0.6) is 0 Å². The maximum Gasteiger partial charge on any atom is 0.268 e. The Hall–Kier alpha value is -2.97. The van der Waals surface area contributed by atoms with Crippen LogP contribution < -0.4 is 5.32 Å². The first-order valence-corrected chi connectivity index (χ1v) is 9.61. The van der Waals surface area contributed by atoms with E-state index in [1.807, 2.05) is 0 Å². The Bertz CT molecular complexity index is 926. The number of hydrogen-bond acceptors (Lipinski definition) is 6. The number of hydrogen-bond donors (Lipinski definition) is 2. The highest BCUT2D eigenvalue weighted by Crippen LogP contribution is 2.37. The van der Waals surface area contributed by atoms with E-state index in [1.165, 1.54) is 11.8 Å². The molecule has 2 aromatic rings. The molecule has 0 spiro atoms. The van der Waals surface area contributed by atoms with Crippen LogP contribution in [0.2, 0.25) is 0 Å². The highest BCUT2D eigenvalue weighted by molar-refractivity contribution is 8.04. The van der Waals surface area contributed by atoms with Crippen LogP contribution in [0.1, 0.15) is 18.1 Å². The first-order valence-electron chi connectivity index (χ1n) is 8.62. The predicted octanol–water partition coefficient (Wildman–Crippen LogP) is 2.05. The molecule has 1 aromatic heterocycles. The molecule has 0 fully saturated rings. The number of pyridine rings is 1. The zero-order valence-electron chi connectivity index (χ0n) is 15.2. The van der Waals surface area contributed by atoms with Crippen molar-refractivity contribution in [3.63, 3.8) is 0 Å². The van der Waals surface area contributed by atoms with Gasteiger partial charge in [0, 0.05) is 30.8 Å². The molecule has 0 unspecified atom stereocenters. The van der Waals surface area contributed by atoms with Crippen molar-refractivity contribution in [1.29, 1.82) is 0 Å². The Morgan fingerprint density at radius 1 is 1.18 bits per heavy atom. The second kappa shape index (κ2) is 8.81. The third kappa shape index (κ3) is 4.29. The summed E-state index contributed by atoms with van der Waals surface area (Å²) in [6, 6.07) is 10.3. The average Bonchev–Trinajstić information content (AvgIpc) is 2.91. The third-order valence-electron chi connectivity index (χ3n) is 4.02. The van der Waals surface area contributed by atoms with Crippen molar-refractivity contribution < 1.29 is 19.5 Å². The summed E-state index contributed by atoms with van der Waals surface area (Å²) in [6.07, 6.45) is 3.24. The first-order chi connectivity index (χ1) is 13.5. The molecule has 7 nitrogen and oxygen atoms in total. The van der Waals surface area contributed by atoms with E-state index in [0.717, 1.165) is 17.3 Å². The van der Waals surface area contributed by atoms with Gasteiger partial charge in [-0.15, -0.1) is 11.8 Å². The van der Waals surface area contributed by atoms with Crippen LogP contribution in [-0.4, -0.2) is 45.1 Å². The molecule has 1 aliphatic rings. The van der Waals surface area contributed by atoms with Crippen molar-refractivity contribution in [3.05, 3.63) is 64.8 Å². The van der Waals surface area contributed by atoms with Gasteiger partial charge < -0.3 is 10.4 Å². The smallest absolute Gasteiger partial charge is 0.268 e. The molecular weight excluding hydrogens is 378 g/mol. The van der Waals surface area contributed by atoms with E-state index in [1.54, 1.807) is 48.8 Å². The zero-order valence-corrected chi connectivity index (χ0v) is 16.0. The van der Waals surface area contributed by atoms with E-state index in [4.69, 9.17) is 5.11 Å². The standard InChI is InChI=1S/C20H19N3O4S/c1-13(25)22-16-6-4-15(5-7-16)17-18(28-10-9-24)20(27)23(19(17)26)12-14-3-2-8-21-11-14/h2-8,11,24H,9-10,12H2,1H3,(H,22,25). The molecule has 3 rings (SSSR count). The summed E-state index contributed by atoms with van der Waals surface area (Å²) < 4.78 is 0. The summed E-state index contributed by atoms with van der Waals surface area (Å²) >= 11 is 1.16. The number of nitrogens with zero attached hydrogens (tertiary/aromatic N) is 2. The number of aromatic nitrogens is 1. The van der Waals surface area contributed by atoms with E-state index in [-0.39, 0.29) is 30.9 Å². The molecule has 1 aliphatic heterocycles. The fraction of sp³-hybridized carbons (Fsp3) is 0.200. The van der Waals surface area contributed by atoms with Crippen LogP contribution in [0.25, 0.3) is 5.57 Å². The van der Waals surface area contributed by atoms with E-state index in [2.05, 4.69) is 10.3 Å². The summed E-state index contributed by atoms with van der Waals surface area (Å²) in [4.78, 5) is 42.6. The van der Waals surface area contributed by atoms with Crippen molar-refractivity contribution >= 4 is 40.7 Å². The van der Waals surface area contributed by atoms with Gasteiger partial charge in [0.1, 0.15) is 0 Å². The molecule has 2 N–H and O–H groups in total. The fourth-order valence-corrected chi connectivity index (χ4v) is 3.71. The summed E-state index contributed by atoms with van der Waals surface area (Å²) in [5, 5.41) is 11.8. The summed E-state index contributed by atoms with van der Waals surface area (Å²) in [7, 11) is 0. The Morgan fingerprint density at radius 2 is 1.93 bits per heavy atom. The number of aliphatic hydroxyl groups is 1. The van der Waals surface area contributed by atoms with Crippen LogP contribution in [-0.2, 0) is 20.9 Å². The van der Waals surface area contributed by atoms with E-state index in [9.17, 15) is 14.4 Å². The normalized spacial score (nSPS) is 14.0. The predicted molar refractivity (Wildman–Crippen MR) is 107 cm³/mol. The summed E-state index contributed by atoms with van der Waals surface area (Å²) in [5.41, 5.74) is 2.24. The van der Waals surface area contributed by atoms with Gasteiger partial charge in [-0.1, -0.05) is 18.2 Å². The number of aliphatic hydroxyl groups excluding tert-OH is 1. The lowest BCUT2D eigenvalue weighted by molar-refractivity contribution is -0.137. The molecule has 1 aromatic carbocycles. The van der Waals surface area contributed by atoms with Crippen molar-refractivity contribution in [2.75, 3.05) is 17.7 Å². The van der Waals surface area contributed by atoms with Crippen molar-refractivity contribution in [2.24, 2.45) is 0 Å². The number of benzene rings is 1. The molecule has 0 atom stereocenters. The first kappa shape index (κ1) is 19.8. The quantitative estimate of drug-likeness (QED) is 0.694. The number of carbonyl (C=O) groups is 3. The number of carbonyl (C=O) groups excluding carboxylic acids is 3. The monoisotopic (exact) mass is 397 g/mol. The van der Waals surface area contributed by atoms with E-state index >= 15 is 0 Å². The molecule has 28 heavy (non-hydrogen) atoms. The number of rotatable bonds is 7. The van der Waals surface area contributed by atoms with Crippen molar-refractivity contribution in [2.45, 2.75) is 13.5 Å². The lowest BCUT2D eigenvalue weighted by Crippen LogP contribution is -2.31. The highest BCUT2D eigenvalue weighted by atomic mass is 32.2. The van der Waals surface area contributed by atoms with Gasteiger partial charge in [-0.2, -0.15) is 0 Å². The largest absolute Gasteiger partial charge is 0.396 e. The average molecular weight is 397 g/mol. The van der Waals surface area contributed by atoms with Gasteiger partial charge in [0.2, 0.25) is 5.91 Å². The van der Waals surface area contributed by atoms with Crippen molar-refractivity contribution in [1.82, 2.24) is 9.88 Å². The van der Waals surface area contributed by atoms with Gasteiger partial charge in [-0.25, -0.2) is 0 Å². The lowest BCUT2D eigenvalue weighted by Gasteiger charge is -2.15. The molecule has 0 bridgehead atoms. The van der Waals surface area contributed by atoms with Gasteiger partial charge in [0.25, 0.3) is 11.8 Å². The van der Waals surface area contributed by atoms with Gasteiger partial charge in [-0.3, -0.25) is 24.3 Å². The summed E-state index contributed by atoms with van der Waals surface area (Å²) in [5.74, 6) is -0.654. The fourth-order valence-electron chi connectivity index (χ4n) is 2.83. The van der Waals surface area contributed by atoms with Crippen LogP contribution in [0.15, 0.2) is 53.7 Å². The van der Waals surface area contributed by atoms with Crippen LogP contribution in [0, 0.1) is 0 Å². The molecule has 0 aliphatic carbocycles. The zero-order chi connectivity index (χ0) is 20.1. The van der Waals surface area contributed by atoms with Crippen molar-refractivity contribution in [3.8, 4) is 0 Å². The Kier molecular flexibility index (Phi) is 6.23. The van der Waals surface area contributed by atoms with E-state index in [0.29, 0.717) is 27.5 Å². The van der Waals surface area contributed by atoms with Gasteiger partial charge in [0.05, 0.1) is 23.6 Å². The summed E-state index contributed by atoms with van der Waals surface area (Å²) in [6.45, 7) is 1.44. The lowest BCUT2D eigenvalue weighted by atomic mass is 10.1. The molecule has 2 heterocycles. The minimum atomic E-state index is -0.387. The molecule has 0 radical (unpaired) electrons. The minimum Gasteiger partial charge on any atom is -0.396 e. The van der Waals surface area contributed by atoms with Gasteiger partial charge >= 0.3 is 0 Å². The maximum atomic E-state index is 13.0. The number of thioether (sulfide) groups is 1. The molecule has 3 amide bonds. The van der Waals surface area contributed by atoms with Crippen LogP contribution in [0.4, 0.5) is 5.69 Å². The second-order valence-electron chi connectivity index (χ2n) is 6.09. The third-order valence-corrected chi connectivity index (χ3v) is 5.07. The van der Waals surface area contributed by atoms with Gasteiger partial charge in [-0.05, 0) is 29.3 Å². The number of nitrogens with one attached hydrogen (secondary N) is 1. The second-order valence-corrected chi connectivity index (χ2v) is 7.20. The maximum absolute atomic E-state index is 13.0. The number of amides is 3. The molecule has 0 saturated carbocycles. The SMILES string of the molecule is CC(=O)Nc1ccc(C2=C(SCCO)C(=O)N(Cc3cccnc3)C2=O)cc1.